The Balaban J connectivity index is 1.74. The molecular formula is C24H24N2O2S2. The predicted molar refractivity (Wildman–Crippen MR) is 126 cm³/mol. The Morgan fingerprint density at radius 3 is 1.30 bits per heavy atom. The van der Waals surface area contributed by atoms with Crippen LogP contribution in [0.5, 0.6) is 0 Å². The summed E-state index contributed by atoms with van der Waals surface area (Å²) in [6.45, 7) is 3.83. The molecular weight excluding hydrogens is 412 g/mol. The maximum Gasteiger partial charge on any atom is 0.252 e. The molecule has 0 spiro atoms. The number of thiol groups is 2. The number of nitrogens with one attached hydrogen (secondary N) is 2. The minimum Gasteiger partial charge on any atom is -0.345 e. The first-order chi connectivity index (χ1) is 14.4. The Kier molecular flexibility index (Phi) is 7.24. The monoisotopic (exact) mass is 436 g/mol. The summed E-state index contributed by atoms with van der Waals surface area (Å²) < 4.78 is 0. The molecule has 2 amide bonds. The maximum atomic E-state index is 12.8. The second kappa shape index (κ2) is 9.87. The van der Waals surface area contributed by atoms with Crippen molar-refractivity contribution in [2.75, 3.05) is 0 Å². The van der Waals surface area contributed by atoms with E-state index in [1.165, 1.54) is 0 Å². The third kappa shape index (κ3) is 5.07. The Bertz CT molecular complexity index is 955. The lowest BCUT2D eigenvalue weighted by Crippen LogP contribution is -2.29. The van der Waals surface area contributed by atoms with Gasteiger partial charge in [-0.2, -0.15) is 0 Å². The van der Waals surface area contributed by atoms with Crippen LogP contribution in [-0.4, -0.2) is 11.8 Å². The SMILES string of the molecule is CC(NC(=O)c1ccc(C(=O)NC(C)c2ccccc2)c(S)c1S)c1ccccc1. The number of benzene rings is 3. The topological polar surface area (TPSA) is 58.2 Å². The second-order valence-electron chi connectivity index (χ2n) is 7.07. The normalized spacial score (nSPS) is 12.7. The molecule has 0 radical (unpaired) electrons. The summed E-state index contributed by atoms with van der Waals surface area (Å²) in [4.78, 5) is 26.2. The quantitative estimate of drug-likeness (QED) is 0.399. The summed E-state index contributed by atoms with van der Waals surface area (Å²) in [5.41, 5.74) is 2.75. The fourth-order valence-electron chi connectivity index (χ4n) is 3.14. The highest BCUT2D eigenvalue weighted by atomic mass is 32.1. The van der Waals surface area contributed by atoms with Gasteiger partial charge in [-0.1, -0.05) is 60.7 Å². The highest BCUT2D eigenvalue weighted by molar-refractivity contribution is 7.83. The fraction of sp³-hybridized carbons (Fsp3) is 0.167. The zero-order valence-electron chi connectivity index (χ0n) is 16.8. The number of hydrogen-bond donors (Lipinski definition) is 4. The Labute approximate surface area is 187 Å². The van der Waals surface area contributed by atoms with Crippen molar-refractivity contribution in [1.82, 2.24) is 10.6 Å². The summed E-state index contributed by atoms with van der Waals surface area (Å²) in [6, 6.07) is 22.3. The van der Waals surface area contributed by atoms with E-state index in [2.05, 4.69) is 35.9 Å². The van der Waals surface area contributed by atoms with Gasteiger partial charge in [-0.3, -0.25) is 9.59 Å². The van der Waals surface area contributed by atoms with Gasteiger partial charge < -0.3 is 10.6 Å². The van der Waals surface area contributed by atoms with E-state index in [0.717, 1.165) is 11.1 Å². The minimum absolute atomic E-state index is 0.163. The molecule has 0 aliphatic rings. The second-order valence-corrected chi connectivity index (χ2v) is 7.96. The van der Waals surface area contributed by atoms with Crippen LogP contribution in [0.25, 0.3) is 0 Å². The number of rotatable bonds is 6. The summed E-state index contributed by atoms with van der Waals surface area (Å²) in [7, 11) is 0. The average molecular weight is 437 g/mol. The van der Waals surface area contributed by atoms with Gasteiger partial charge in [0.2, 0.25) is 0 Å². The lowest BCUT2D eigenvalue weighted by molar-refractivity contribution is 0.0922. The molecule has 0 heterocycles. The molecule has 3 aromatic carbocycles. The number of carbonyl (C=O) groups excluding carboxylic acids is 2. The molecule has 3 rings (SSSR count). The van der Waals surface area contributed by atoms with Crippen LogP contribution in [0.1, 0.15) is 57.8 Å². The van der Waals surface area contributed by atoms with Crippen molar-refractivity contribution in [3.05, 3.63) is 95.1 Å². The van der Waals surface area contributed by atoms with Gasteiger partial charge in [0.25, 0.3) is 11.8 Å². The zero-order chi connectivity index (χ0) is 21.7. The first-order valence-corrected chi connectivity index (χ1v) is 10.5. The lowest BCUT2D eigenvalue weighted by Gasteiger charge is -2.18. The molecule has 3 aromatic rings. The van der Waals surface area contributed by atoms with Gasteiger partial charge >= 0.3 is 0 Å². The van der Waals surface area contributed by atoms with Gasteiger partial charge in [0, 0.05) is 9.79 Å². The van der Waals surface area contributed by atoms with Gasteiger partial charge in [-0.05, 0) is 37.1 Å². The van der Waals surface area contributed by atoms with Gasteiger partial charge in [-0.15, -0.1) is 25.3 Å². The van der Waals surface area contributed by atoms with Crippen molar-refractivity contribution in [3.8, 4) is 0 Å². The van der Waals surface area contributed by atoms with E-state index in [1.807, 2.05) is 74.5 Å². The van der Waals surface area contributed by atoms with Crippen LogP contribution in [0.2, 0.25) is 0 Å². The molecule has 30 heavy (non-hydrogen) atoms. The van der Waals surface area contributed by atoms with E-state index in [9.17, 15) is 9.59 Å². The maximum absolute atomic E-state index is 12.8. The molecule has 2 atom stereocenters. The highest BCUT2D eigenvalue weighted by Crippen LogP contribution is 2.28. The Morgan fingerprint density at radius 2 is 0.967 bits per heavy atom. The first-order valence-electron chi connectivity index (χ1n) is 9.65. The fourth-order valence-corrected chi connectivity index (χ4v) is 3.74. The van der Waals surface area contributed by atoms with Gasteiger partial charge in [-0.25, -0.2) is 0 Å². The van der Waals surface area contributed by atoms with Crippen molar-refractivity contribution in [3.63, 3.8) is 0 Å². The van der Waals surface area contributed by atoms with Gasteiger partial charge in [0.1, 0.15) is 0 Å². The Hall–Kier alpha value is -2.70. The zero-order valence-corrected chi connectivity index (χ0v) is 18.6. The van der Waals surface area contributed by atoms with Crippen LogP contribution in [0.15, 0.2) is 82.6 Å². The average Bonchev–Trinajstić information content (AvgIpc) is 2.76. The molecule has 0 aliphatic carbocycles. The summed E-state index contributed by atoms with van der Waals surface area (Å²) in [5, 5.41) is 5.92. The van der Waals surface area contributed by atoms with E-state index >= 15 is 0 Å². The largest absolute Gasteiger partial charge is 0.345 e. The van der Waals surface area contributed by atoms with Gasteiger partial charge in [0.05, 0.1) is 23.2 Å². The number of carbonyl (C=O) groups is 2. The van der Waals surface area contributed by atoms with Gasteiger partial charge in [0.15, 0.2) is 0 Å². The molecule has 0 fully saturated rings. The molecule has 6 heteroatoms. The number of hydrogen-bond acceptors (Lipinski definition) is 4. The van der Waals surface area contributed by atoms with E-state index in [-0.39, 0.29) is 23.9 Å². The molecule has 0 saturated heterocycles. The standard InChI is InChI=1S/C24H24N2O2S2/c1-15(17-9-5-3-6-10-17)25-23(27)19-13-14-20(22(30)21(19)29)24(28)26-16(2)18-11-7-4-8-12-18/h3-16,29-30H,1-2H3,(H,25,27)(H,26,28). The lowest BCUT2D eigenvalue weighted by atomic mass is 10.1. The molecule has 0 saturated carbocycles. The first kappa shape index (κ1) is 22.0. The Morgan fingerprint density at radius 1 is 0.633 bits per heavy atom. The summed E-state index contributed by atoms with van der Waals surface area (Å²) >= 11 is 8.94. The van der Waals surface area contributed by atoms with Crippen LogP contribution in [-0.2, 0) is 0 Å². The third-order valence-corrected chi connectivity index (χ3v) is 6.04. The molecule has 0 aromatic heterocycles. The van der Waals surface area contributed by atoms with E-state index in [1.54, 1.807) is 12.1 Å². The van der Waals surface area contributed by atoms with E-state index in [4.69, 9.17) is 0 Å². The molecule has 0 aliphatic heterocycles. The highest BCUT2D eigenvalue weighted by Gasteiger charge is 2.20. The van der Waals surface area contributed by atoms with Crippen LogP contribution in [0, 0.1) is 0 Å². The van der Waals surface area contributed by atoms with Crippen molar-refractivity contribution in [1.29, 1.82) is 0 Å². The summed E-state index contributed by atoms with van der Waals surface area (Å²) in [6.07, 6.45) is 0. The van der Waals surface area contributed by atoms with Crippen molar-refractivity contribution >= 4 is 37.1 Å². The van der Waals surface area contributed by atoms with E-state index < -0.39 is 0 Å². The van der Waals surface area contributed by atoms with Crippen molar-refractivity contribution in [2.45, 2.75) is 35.7 Å². The molecule has 154 valence electrons. The van der Waals surface area contributed by atoms with Crippen LogP contribution < -0.4 is 10.6 Å². The van der Waals surface area contributed by atoms with Crippen LogP contribution in [0.3, 0.4) is 0 Å². The molecule has 0 bridgehead atoms. The molecule has 4 nitrogen and oxygen atoms in total. The molecule has 2 N–H and O–H groups in total. The predicted octanol–water partition coefficient (Wildman–Crippen LogP) is 5.25. The third-order valence-electron chi connectivity index (χ3n) is 4.93. The number of amides is 2. The smallest absolute Gasteiger partial charge is 0.252 e. The van der Waals surface area contributed by atoms with Crippen LogP contribution in [0.4, 0.5) is 0 Å². The van der Waals surface area contributed by atoms with Crippen molar-refractivity contribution in [2.24, 2.45) is 0 Å². The minimum atomic E-state index is -0.267. The van der Waals surface area contributed by atoms with Crippen LogP contribution >= 0.6 is 25.3 Å². The van der Waals surface area contributed by atoms with Crippen molar-refractivity contribution < 1.29 is 9.59 Å². The molecule has 2 unspecified atom stereocenters. The van der Waals surface area contributed by atoms with E-state index in [0.29, 0.717) is 20.9 Å². The summed E-state index contributed by atoms with van der Waals surface area (Å²) in [5.74, 6) is -0.535.